The summed E-state index contributed by atoms with van der Waals surface area (Å²) < 4.78 is 7.07. The van der Waals surface area contributed by atoms with Crippen molar-refractivity contribution < 1.29 is 9.53 Å². The molecule has 0 saturated carbocycles. The fourth-order valence-electron chi connectivity index (χ4n) is 3.23. The number of anilines is 1. The summed E-state index contributed by atoms with van der Waals surface area (Å²) in [4.78, 5) is 30.5. The van der Waals surface area contributed by atoms with Crippen molar-refractivity contribution in [1.82, 2.24) is 9.78 Å². The predicted octanol–water partition coefficient (Wildman–Crippen LogP) is 2.57. The van der Waals surface area contributed by atoms with Gasteiger partial charge in [0.25, 0.3) is 0 Å². The molecule has 3 aromatic rings. The fourth-order valence-corrected chi connectivity index (χ4v) is 3.23. The monoisotopic (exact) mass is 415 g/mol. The lowest BCUT2D eigenvalue weighted by Gasteiger charge is -2.31. The number of nitrogens with two attached hydrogens (primary N) is 1. The molecule has 1 aliphatic heterocycles. The fraction of sp³-hybridized carbons (Fsp3) is 0.130. The highest BCUT2D eigenvalue weighted by atomic mass is 16.5. The van der Waals surface area contributed by atoms with Crippen LogP contribution in [0.25, 0.3) is 5.69 Å². The van der Waals surface area contributed by atoms with Gasteiger partial charge in [-0.2, -0.15) is 5.10 Å². The number of hydrogen-bond donors (Lipinski definition) is 1. The number of benzene rings is 2. The number of carbonyl (C=O) groups is 1. The van der Waals surface area contributed by atoms with Gasteiger partial charge in [-0.3, -0.25) is 9.59 Å². The molecule has 2 aromatic carbocycles. The van der Waals surface area contributed by atoms with Gasteiger partial charge >= 0.3 is 0 Å². The lowest BCUT2D eigenvalue weighted by atomic mass is 10.1. The minimum atomic E-state index is -0.286. The molecule has 1 fully saturated rings. The number of β-lactam (4-membered cyclic amide) rings is 1. The van der Waals surface area contributed by atoms with Crippen LogP contribution in [0.5, 0.6) is 5.75 Å². The molecule has 0 bridgehead atoms. The van der Waals surface area contributed by atoms with E-state index in [0.717, 1.165) is 5.69 Å². The molecule has 8 heteroatoms. The Bertz CT molecular complexity index is 1230. The maximum absolute atomic E-state index is 12.6. The number of carbonyl (C=O) groups excluding carboxylic acids is 1. The topological polar surface area (TPSA) is 103 Å². The van der Waals surface area contributed by atoms with Crippen molar-refractivity contribution in [2.45, 2.75) is 6.42 Å². The van der Waals surface area contributed by atoms with Gasteiger partial charge in [-0.05, 0) is 36.5 Å². The average molecular weight is 415 g/mol. The minimum Gasteiger partial charge on any atom is -0.494 e. The smallest absolute Gasteiger partial charge is 0.228 e. The summed E-state index contributed by atoms with van der Waals surface area (Å²) in [7, 11) is 1.55. The number of amides is 1. The van der Waals surface area contributed by atoms with Crippen LogP contribution >= 0.6 is 0 Å². The number of para-hydroxylation sites is 1. The lowest BCUT2D eigenvalue weighted by molar-refractivity contribution is -0.122. The number of hydrogen-bond acceptors (Lipinski definition) is 6. The summed E-state index contributed by atoms with van der Waals surface area (Å²) in [6, 6.07) is 16.1. The number of allylic oxidation sites excluding steroid dienone is 1. The van der Waals surface area contributed by atoms with Crippen LogP contribution in [-0.4, -0.2) is 35.1 Å². The zero-order chi connectivity index (χ0) is 21.8. The van der Waals surface area contributed by atoms with E-state index in [1.54, 1.807) is 35.0 Å². The third-order valence-electron chi connectivity index (χ3n) is 4.88. The summed E-state index contributed by atoms with van der Waals surface area (Å²) in [5.41, 5.74) is 7.85. The molecule has 156 valence electrons. The van der Waals surface area contributed by atoms with Crippen LogP contribution in [0.2, 0.25) is 0 Å². The Hall–Kier alpha value is -4.20. The summed E-state index contributed by atoms with van der Waals surface area (Å²) in [6.07, 6.45) is 4.97. The average Bonchev–Trinajstić information content (AvgIpc) is 2.79. The first-order valence-corrected chi connectivity index (χ1v) is 9.72. The number of rotatable bonds is 6. The van der Waals surface area contributed by atoms with E-state index in [1.807, 2.05) is 36.4 Å². The van der Waals surface area contributed by atoms with E-state index < -0.39 is 0 Å². The second-order valence-electron chi connectivity index (χ2n) is 6.82. The van der Waals surface area contributed by atoms with Crippen LogP contribution in [0.15, 0.2) is 82.9 Å². The molecule has 1 saturated heterocycles. The van der Waals surface area contributed by atoms with Gasteiger partial charge in [0.15, 0.2) is 5.69 Å². The van der Waals surface area contributed by atoms with E-state index in [2.05, 4.69) is 10.1 Å². The molecule has 2 heterocycles. The Morgan fingerprint density at radius 1 is 1.16 bits per heavy atom. The summed E-state index contributed by atoms with van der Waals surface area (Å²) in [6.45, 7) is 0.687. The standard InChI is InChI=1S/C23H21N5O3/c1-31-21-15-17(27-13-11-22(27)30)7-8-19(21)28-14-10-20(29)23(26-28)18(9-12-24)25-16-5-3-2-4-6-16/h2-10,12,14-15H,11,13,24H2,1H3. The van der Waals surface area contributed by atoms with Gasteiger partial charge in [0.1, 0.15) is 11.4 Å². The third kappa shape index (κ3) is 4.09. The Labute approximate surface area is 178 Å². The molecule has 1 aliphatic rings. The van der Waals surface area contributed by atoms with Crippen molar-refractivity contribution in [3.63, 3.8) is 0 Å². The number of methoxy groups -OCH3 is 1. The zero-order valence-electron chi connectivity index (χ0n) is 16.9. The summed E-state index contributed by atoms with van der Waals surface area (Å²) in [5.74, 6) is 0.601. The zero-order valence-corrected chi connectivity index (χ0v) is 16.9. The normalized spacial score (nSPS) is 14.0. The predicted molar refractivity (Wildman–Crippen MR) is 119 cm³/mol. The lowest BCUT2D eigenvalue weighted by Crippen LogP contribution is -2.43. The van der Waals surface area contributed by atoms with Crippen LogP contribution in [0.1, 0.15) is 12.1 Å². The van der Waals surface area contributed by atoms with Gasteiger partial charge in [-0.1, -0.05) is 18.2 Å². The second-order valence-corrected chi connectivity index (χ2v) is 6.82. The highest BCUT2D eigenvalue weighted by Gasteiger charge is 2.26. The Morgan fingerprint density at radius 3 is 2.61 bits per heavy atom. The molecule has 8 nitrogen and oxygen atoms in total. The molecule has 31 heavy (non-hydrogen) atoms. The molecule has 4 rings (SSSR count). The van der Waals surface area contributed by atoms with E-state index in [9.17, 15) is 9.59 Å². The van der Waals surface area contributed by atoms with Crippen LogP contribution in [-0.2, 0) is 4.79 Å². The van der Waals surface area contributed by atoms with Crippen molar-refractivity contribution >= 4 is 23.0 Å². The van der Waals surface area contributed by atoms with E-state index in [-0.39, 0.29) is 17.0 Å². The minimum absolute atomic E-state index is 0.0777. The van der Waals surface area contributed by atoms with Crippen molar-refractivity contribution in [3.05, 3.63) is 89.0 Å². The maximum atomic E-state index is 12.6. The largest absolute Gasteiger partial charge is 0.494 e. The Morgan fingerprint density at radius 2 is 1.97 bits per heavy atom. The number of ether oxygens (including phenoxy) is 1. The highest BCUT2D eigenvalue weighted by Crippen LogP contribution is 2.30. The quantitative estimate of drug-likeness (QED) is 0.492. The van der Waals surface area contributed by atoms with Gasteiger partial charge in [0, 0.05) is 37.0 Å². The molecule has 2 N–H and O–H groups in total. The summed E-state index contributed by atoms with van der Waals surface area (Å²) in [5, 5.41) is 4.50. The van der Waals surface area contributed by atoms with Crippen molar-refractivity contribution in [3.8, 4) is 11.4 Å². The number of aliphatic imine (C=N–C) groups is 1. The van der Waals surface area contributed by atoms with Crippen LogP contribution in [0.3, 0.4) is 0 Å². The van der Waals surface area contributed by atoms with Crippen molar-refractivity contribution in [2.75, 3.05) is 18.6 Å². The first kappa shape index (κ1) is 20.1. The molecule has 0 radical (unpaired) electrons. The SMILES string of the molecule is COc1cc(N2CCC2=O)ccc1-n1ccc(=O)c(C(C=CN)=Nc2ccccc2)n1. The maximum Gasteiger partial charge on any atom is 0.228 e. The first-order valence-electron chi connectivity index (χ1n) is 9.72. The molecule has 0 aliphatic carbocycles. The van der Waals surface area contributed by atoms with Gasteiger partial charge in [0.05, 0.1) is 18.5 Å². The van der Waals surface area contributed by atoms with Gasteiger partial charge in [0.2, 0.25) is 11.3 Å². The molecule has 0 spiro atoms. The third-order valence-corrected chi connectivity index (χ3v) is 4.88. The first-order chi connectivity index (χ1) is 15.1. The molecule has 1 aromatic heterocycles. The molecule has 1 amide bonds. The molecule has 0 atom stereocenters. The van der Waals surface area contributed by atoms with Crippen molar-refractivity contribution in [2.24, 2.45) is 10.7 Å². The van der Waals surface area contributed by atoms with Gasteiger partial charge in [-0.15, -0.1) is 0 Å². The Balaban J connectivity index is 1.78. The van der Waals surface area contributed by atoms with Crippen LogP contribution in [0.4, 0.5) is 11.4 Å². The molecule has 0 unspecified atom stereocenters. The van der Waals surface area contributed by atoms with Crippen molar-refractivity contribution in [1.29, 1.82) is 0 Å². The number of aromatic nitrogens is 2. The molecular formula is C23H21N5O3. The summed E-state index contributed by atoms with van der Waals surface area (Å²) >= 11 is 0. The van der Waals surface area contributed by atoms with Gasteiger partial charge in [-0.25, -0.2) is 9.67 Å². The van der Waals surface area contributed by atoms with Gasteiger partial charge < -0.3 is 15.4 Å². The van der Waals surface area contributed by atoms with Crippen LogP contribution < -0.4 is 20.8 Å². The molecular weight excluding hydrogens is 394 g/mol. The number of nitrogens with zero attached hydrogens (tertiary/aromatic N) is 4. The highest BCUT2D eigenvalue weighted by molar-refractivity contribution is 6.08. The van der Waals surface area contributed by atoms with E-state index >= 15 is 0 Å². The van der Waals surface area contributed by atoms with E-state index in [0.29, 0.717) is 35.8 Å². The van der Waals surface area contributed by atoms with E-state index in [4.69, 9.17) is 10.5 Å². The van der Waals surface area contributed by atoms with E-state index in [1.165, 1.54) is 18.3 Å². The van der Waals surface area contributed by atoms with Crippen LogP contribution in [0, 0.1) is 0 Å². The Kier molecular flexibility index (Phi) is 5.61. The second kappa shape index (κ2) is 8.66.